The maximum atomic E-state index is 12.6. The monoisotopic (exact) mass is 379 g/mol. The van der Waals surface area contributed by atoms with Crippen molar-refractivity contribution in [1.82, 2.24) is 15.1 Å². The molecule has 1 aromatic rings. The van der Waals surface area contributed by atoms with Crippen LogP contribution in [0.15, 0.2) is 24.3 Å². The molecule has 146 valence electrons. The fraction of sp³-hybridized carbons (Fsp3) is 0.667. The van der Waals surface area contributed by atoms with Gasteiger partial charge in [-0.2, -0.15) is 0 Å². The Morgan fingerprint density at radius 2 is 1.77 bits per heavy atom. The molecule has 4 nitrogen and oxygen atoms in total. The summed E-state index contributed by atoms with van der Waals surface area (Å²) in [5, 5.41) is 3.40. The third-order valence-corrected chi connectivity index (χ3v) is 5.48. The molecule has 1 aromatic carbocycles. The van der Waals surface area contributed by atoms with E-state index >= 15 is 0 Å². The van der Waals surface area contributed by atoms with Crippen molar-refractivity contribution in [3.05, 3.63) is 35.4 Å². The van der Waals surface area contributed by atoms with Crippen molar-refractivity contribution in [1.29, 1.82) is 0 Å². The van der Waals surface area contributed by atoms with Crippen molar-refractivity contribution in [2.24, 2.45) is 5.92 Å². The smallest absolute Gasteiger partial charge is 0.222 e. The standard InChI is InChI=1S/C21H33N3O.ClH/c1-17(2)15-19-5-3-18(4-6-19)7-8-21(25)24-12-9-20(16-24)23-13-10-22-11-14-23;/h3-6,17,20,22H,7-16H2,1-2H3;1H. The van der Waals surface area contributed by atoms with Crippen LogP contribution in [-0.2, 0) is 17.6 Å². The van der Waals surface area contributed by atoms with Gasteiger partial charge in [0.05, 0.1) is 0 Å². The minimum atomic E-state index is 0. The van der Waals surface area contributed by atoms with E-state index in [1.54, 1.807) is 0 Å². The first-order chi connectivity index (χ1) is 12.1. The lowest BCUT2D eigenvalue weighted by molar-refractivity contribution is -0.130. The van der Waals surface area contributed by atoms with Crippen LogP contribution in [0.25, 0.3) is 0 Å². The third kappa shape index (κ3) is 5.97. The van der Waals surface area contributed by atoms with Gasteiger partial charge in [-0.15, -0.1) is 12.4 Å². The van der Waals surface area contributed by atoms with Crippen LogP contribution >= 0.6 is 12.4 Å². The summed E-state index contributed by atoms with van der Waals surface area (Å²) >= 11 is 0. The Bertz CT molecular complexity index is 555. The normalized spacial score (nSPS) is 21.0. The van der Waals surface area contributed by atoms with Gasteiger partial charge in [0.1, 0.15) is 0 Å². The predicted molar refractivity (Wildman–Crippen MR) is 110 cm³/mol. The molecule has 2 fully saturated rings. The molecule has 1 atom stereocenters. The van der Waals surface area contributed by atoms with E-state index in [1.807, 2.05) is 0 Å². The van der Waals surface area contributed by atoms with E-state index in [1.165, 1.54) is 11.1 Å². The Morgan fingerprint density at radius 1 is 1.12 bits per heavy atom. The number of hydrogen-bond acceptors (Lipinski definition) is 3. The number of halogens is 1. The van der Waals surface area contributed by atoms with Crippen LogP contribution in [0.5, 0.6) is 0 Å². The van der Waals surface area contributed by atoms with Crippen LogP contribution in [0.1, 0.15) is 37.8 Å². The highest BCUT2D eigenvalue weighted by Crippen LogP contribution is 2.18. The summed E-state index contributed by atoms with van der Waals surface area (Å²) in [4.78, 5) is 17.2. The van der Waals surface area contributed by atoms with Crippen molar-refractivity contribution in [2.45, 2.75) is 45.6 Å². The Balaban J connectivity index is 0.00000243. The molecule has 0 aromatic heterocycles. The Labute approximate surface area is 164 Å². The van der Waals surface area contributed by atoms with E-state index in [9.17, 15) is 4.79 Å². The number of piperazine rings is 1. The SMILES string of the molecule is CC(C)Cc1ccc(CCC(=O)N2CCC(N3CCNCC3)C2)cc1.Cl. The van der Waals surface area contributed by atoms with Crippen molar-refractivity contribution in [3.63, 3.8) is 0 Å². The summed E-state index contributed by atoms with van der Waals surface area (Å²) in [6.45, 7) is 10.7. The van der Waals surface area contributed by atoms with Crippen molar-refractivity contribution in [2.75, 3.05) is 39.3 Å². The van der Waals surface area contributed by atoms with Crippen molar-refractivity contribution >= 4 is 18.3 Å². The number of nitrogens with zero attached hydrogens (tertiary/aromatic N) is 2. The van der Waals surface area contributed by atoms with Crippen LogP contribution in [0.2, 0.25) is 0 Å². The lowest BCUT2D eigenvalue weighted by Gasteiger charge is -2.32. The fourth-order valence-corrected chi connectivity index (χ4v) is 4.04. The van der Waals surface area contributed by atoms with Gasteiger partial charge in [-0.1, -0.05) is 38.1 Å². The maximum absolute atomic E-state index is 12.6. The second kappa shape index (κ2) is 10.3. The number of aryl methyl sites for hydroxylation is 1. The van der Waals surface area contributed by atoms with E-state index < -0.39 is 0 Å². The number of nitrogens with one attached hydrogen (secondary N) is 1. The highest BCUT2D eigenvalue weighted by Gasteiger charge is 2.30. The first kappa shape index (κ1) is 21.2. The molecule has 1 unspecified atom stereocenters. The lowest BCUT2D eigenvalue weighted by Crippen LogP contribution is -2.49. The molecule has 3 rings (SSSR count). The molecule has 0 radical (unpaired) electrons. The maximum Gasteiger partial charge on any atom is 0.222 e. The van der Waals surface area contributed by atoms with Gasteiger partial charge in [0.15, 0.2) is 0 Å². The summed E-state index contributed by atoms with van der Waals surface area (Å²) in [6, 6.07) is 9.39. The summed E-state index contributed by atoms with van der Waals surface area (Å²) < 4.78 is 0. The summed E-state index contributed by atoms with van der Waals surface area (Å²) in [7, 11) is 0. The largest absolute Gasteiger partial charge is 0.341 e. The summed E-state index contributed by atoms with van der Waals surface area (Å²) in [5.41, 5.74) is 2.67. The zero-order valence-electron chi connectivity index (χ0n) is 16.2. The number of likely N-dealkylation sites (tertiary alicyclic amines) is 1. The number of carbonyl (C=O) groups excluding carboxylic acids is 1. The van der Waals surface area contributed by atoms with Gasteiger partial charge in [-0.3, -0.25) is 9.69 Å². The molecule has 2 aliphatic heterocycles. The second-order valence-electron chi connectivity index (χ2n) is 7.98. The molecule has 26 heavy (non-hydrogen) atoms. The third-order valence-electron chi connectivity index (χ3n) is 5.48. The minimum absolute atomic E-state index is 0. The van der Waals surface area contributed by atoms with Crippen molar-refractivity contribution < 1.29 is 4.79 Å². The second-order valence-corrected chi connectivity index (χ2v) is 7.98. The average molecular weight is 380 g/mol. The van der Waals surface area contributed by atoms with Gasteiger partial charge in [0, 0.05) is 51.7 Å². The van der Waals surface area contributed by atoms with Crippen LogP contribution in [-0.4, -0.2) is 61.0 Å². The highest BCUT2D eigenvalue weighted by atomic mass is 35.5. The molecule has 0 saturated carbocycles. The molecule has 2 saturated heterocycles. The molecule has 5 heteroatoms. The first-order valence-electron chi connectivity index (χ1n) is 9.92. The molecular weight excluding hydrogens is 346 g/mol. The van der Waals surface area contributed by atoms with E-state index in [4.69, 9.17) is 0 Å². The summed E-state index contributed by atoms with van der Waals surface area (Å²) in [6.07, 6.45) is 3.75. The zero-order chi connectivity index (χ0) is 17.6. The van der Waals surface area contributed by atoms with E-state index in [0.29, 0.717) is 24.3 Å². The molecule has 2 aliphatic rings. The number of rotatable bonds is 6. The average Bonchev–Trinajstić information content (AvgIpc) is 3.11. The van der Waals surface area contributed by atoms with Crippen LogP contribution < -0.4 is 5.32 Å². The number of hydrogen-bond donors (Lipinski definition) is 1. The first-order valence-corrected chi connectivity index (χ1v) is 9.92. The van der Waals surface area contributed by atoms with Gasteiger partial charge in [0.25, 0.3) is 0 Å². The summed E-state index contributed by atoms with van der Waals surface area (Å²) in [5.74, 6) is 1.01. The van der Waals surface area contributed by atoms with Gasteiger partial charge in [-0.25, -0.2) is 0 Å². The number of benzene rings is 1. The van der Waals surface area contributed by atoms with E-state index in [0.717, 1.165) is 58.5 Å². The number of amides is 1. The Morgan fingerprint density at radius 3 is 2.42 bits per heavy atom. The zero-order valence-corrected chi connectivity index (χ0v) is 17.1. The topological polar surface area (TPSA) is 35.6 Å². The van der Waals surface area contributed by atoms with Gasteiger partial charge in [-0.05, 0) is 36.3 Å². The molecule has 1 N–H and O–H groups in total. The van der Waals surface area contributed by atoms with Crippen LogP contribution in [0.4, 0.5) is 0 Å². The van der Waals surface area contributed by atoms with Crippen molar-refractivity contribution in [3.8, 4) is 0 Å². The van der Waals surface area contributed by atoms with E-state index in [2.05, 4.69) is 53.2 Å². The predicted octanol–water partition coefficient (Wildman–Crippen LogP) is 2.75. The minimum Gasteiger partial charge on any atom is -0.341 e. The number of carbonyl (C=O) groups is 1. The molecule has 0 aliphatic carbocycles. The van der Waals surface area contributed by atoms with Gasteiger partial charge < -0.3 is 10.2 Å². The van der Waals surface area contributed by atoms with Gasteiger partial charge >= 0.3 is 0 Å². The van der Waals surface area contributed by atoms with E-state index in [-0.39, 0.29) is 12.4 Å². The molecule has 0 spiro atoms. The van der Waals surface area contributed by atoms with Crippen LogP contribution in [0.3, 0.4) is 0 Å². The molecular formula is C21H34ClN3O. The molecule has 0 bridgehead atoms. The Kier molecular flexibility index (Phi) is 8.39. The Hall–Kier alpha value is -1.10. The lowest BCUT2D eigenvalue weighted by atomic mass is 10.0. The highest BCUT2D eigenvalue weighted by molar-refractivity contribution is 5.85. The van der Waals surface area contributed by atoms with Crippen LogP contribution in [0, 0.1) is 5.92 Å². The quantitative estimate of drug-likeness (QED) is 0.825. The molecule has 2 heterocycles. The van der Waals surface area contributed by atoms with Gasteiger partial charge in [0.2, 0.25) is 5.91 Å². The fourth-order valence-electron chi connectivity index (χ4n) is 4.04. The molecule has 1 amide bonds.